The number of methoxy groups -OCH3 is 1. The summed E-state index contributed by atoms with van der Waals surface area (Å²) in [6, 6.07) is 0.145. The second kappa shape index (κ2) is 4.66. The molecule has 3 N–H and O–H groups in total. The number of ether oxygens (including phenoxy) is 2. The first-order chi connectivity index (χ1) is 5.34. The van der Waals surface area contributed by atoms with E-state index in [1.807, 2.05) is 0 Å². The van der Waals surface area contributed by atoms with Crippen LogP contribution in [-0.4, -0.2) is 45.6 Å². The summed E-state index contributed by atoms with van der Waals surface area (Å²) in [5, 5.41) is 3.16. The summed E-state index contributed by atoms with van der Waals surface area (Å²) in [5.74, 6) is 0. The largest absolute Gasteiger partial charge is 0.382 e. The summed E-state index contributed by atoms with van der Waals surface area (Å²) in [7, 11) is 1.66. The molecule has 0 bridgehead atoms. The minimum absolute atomic E-state index is 0.145. The Bertz CT molecular complexity index is 111. The van der Waals surface area contributed by atoms with Gasteiger partial charge in [-0.05, 0) is 0 Å². The van der Waals surface area contributed by atoms with Crippen molar-refractivity contribution in [1.29, 1.82) is 0 Å². The maximum atomic E-state index is 5.73. The Hall–Kier alpha value is -0.160. The summed E-state index contributed by atoms with van der Waals surface area (Å²) >= 11 is 0. The molecule has 1 fully saturated rings. The number of rotatable bonds is 4. The van der Waals surface area contributed by atoms with Gasteiger partial charge in [-0.1, -0.05) is 0 Å². The molecule has 0 aromatic carbocycles. The smallest absolute Gasteiger partial charge is 0.0863 e. The van der Waals surface area contributed by atoms with Crippen LogP contribution >= 0.6 is 0 Å². The number of nitrogens with two attached hydrogens (primary N) is 1. The molecular weight excluding hydrogens is 144 g/mol. The fraction of sp³-hybridized carbons (Fsp3) is 1.00. The highest BCUT2D eigenvalue weighted by Crippen LogP contribution is 2.01. The molecule has 1 rings (SSSR count). The van der Waals surface area contributed by atoms with Crippen LogP contribution in [0, 0.1) is 0 Å². The summed E-state index contributed by atoms with van der Waals surface area (Å²) < 4.78 is 10.3. The molecule has 0 radical (unpaired) electrons. The van der Waals surface area contributed by atoms with Crippen molar-refractivity contribution in [2.45, 2.75) is 12.1 Å². The predicted octanol–water partition coefficient (Wildman–Crippen LogP) is -1.05. The van der Waals surface area contributed by atoms with Gasteiger partial charge >= 0.3 is 0 Å². The van der Waals surface area contributed by atoms with E-state index in [1.165, 1.54) is 0 Å². The molecule has 1 aliphatic heterocycles. The van der Waals surface area contributed by atoms with Gasteiger partial charge in [-0.25, -0.2) is 0 Å². The Morgan fingerprint density at radius 2 is 2.27 bits per heavy atom. The van der Waals surface area contributed by atoms with Crippen LogP contribution in [0.5, 0.6) is 0 Å². The first-order valence-electron chi connectivity index (χ1n) is 3.91. The standard InChI is InChI=1S/C7H16N2O2/c1-10-2-3-11-7-5-9-4-6(7)8/h6-7,9H,2-5,8H2,1H3/t6-,7-/m1/s1. The summed E-state index contributed by atoms with van der Waals surface area (Å²) in [4.78, 5) is 0. The van der Waals surface area contributed by atoms with E-state index in [4.69, 9.17) is 15.2 Å². The molecule has 2 atom stereocenters. The lowest BCUT2D eigenvalue weighted by Gasteiger charge is -2.14. The van der Waals surface area contributed by atoms with E-state index in [0.717, 1.165) is 13.1 Å². The zero-order chi connectivity index (χ0) is 8.10. The van der Waals surface area contributed by atoms with Gasteiger partial charge in [0.1, 0.15) is 0 Å². The molecule has 1 saturated heterocycles. The predicted molar refractivity (Wildman–Crippen MR) is 42.5 cm³/mol. The minimum atomic E-state index is 0.145. The Kier molecular flexibility index (Phi) is 3.79. The van der Waals surface area contributed by atoms with Crippen molar-refractivity contribution in [3.8, 4) is 0 Å². The van der Waals surface area contributed by atoms with Gasteiger partial charge in [0.15, 0.2) is 0 Å². The van der Waals surface area contributed by atoms with E-state index < -0.39 is 0 Å². The maximum Gasteiger partial charge on any atom is 0.0863 e. The Balaban J connectivity index is 2.05. The van der Waals surface area contributed by atoms with Gasteiger partial charge in [0.25, 0.3) is 0 Å². The first-order valence-corrected chi connectivity index (χ1v) is 3.91. The lowest BCUT2D eigenvalue weighted by Crippen LogP contribution is -2.35. The second-order valence-electron chi connectivity index (χ2n) is 2.72. The molecule has 0 aromatic rings. The normalized spacial score (nSPS) is 31.1. The van der Waals surface area contributed by atoms with Gasteiger partial charge in [-0.15, -0.1) is 0 Å². The van der Waals surface area contributed by atoms with Crippen molar-refractivity contribution in [1.82, 2.24) is 5.32 Å². The van der Waals surface area contributed by atoms with Gasteiger partial charge in [0.05, 0.1) is 19.3 Å². The topological polar surface area (TPSA) is 56.5 Å². The number of hydrogen-bond donors (Lipinski definition) is 2. The van der Waals surface area contributed by atoms with E-state index >= 15 is 0 Å². The lowest BCUT2D eigenvalue weighted by molar-refractivity contribution is 0.0205. The SMILES string of the molecule is COCCO[C@@H]1CNC[C@H]1N. The van der Waals surface area contributed by atoms with E-state index in [2.05, 4.69) is 5.32 Å². The number of nitrogens with one attached hydrogen (secondary N) is 1. The first kappa shape index (κ1) is 8.93. The molecule has 4 nitrogen and oxygen atoms in total. The molecule has 4 heteroatoms. The van der Waals surface area contributed by atoms with Gasteiger partial charge < -0.3 is 20.5 Å². The van der Waals surface area contributed by atoms with Crippen LogP contribution in [-0.2, 0) is 9.47 Å². The zero-order valence-corrected chi connectivity index (χ0v) is 6.88. The van der Waals surface area contributed by atoms with Crippen molar-refractivity contribution >= 4 is 0 Å². The van der Waals surface area contributed by atoms with Crippen LogP contribution in [0.2, 0.25) is 0 Å². The fourth-order valence-electron chi connectivity index (χ4n) is 1.14. The molecule has 66 valence electrons. The van der Waals surface area contributed by atoms with E-state index in [1.54, 1.807) is 7.11 Å². The van der Waals surface area contributed by atoms with Gasteiger partial charge in [-0.2, -0.15) is 0 Å². The van der Waals surface area contributed by atoms with Crippen LogP contribution in [0.3, 0.4) is 0 Å². The van der Waals surface area contributed by atoms with Crippen LogP contribution in [0.25, 0.3) is 0 Å². The van der Waals surface area contributed by atoms with E-state index in [-0.39, 0.29) is 12.1 Å². The molecule has 0 saturated carbocycles. The van der Waals surface area contributed by atoms with Crippen LogP contribution in [0.1, 0.15) is 0 Å². The third kappa shape index (κ3) is 2.75. The van der Waals surface area contributed by atoms with Crippen LogP contribution in [0.4, 0.5) is 0 Å². The molecule has 0 amide bonds. The van der Waals surface area contributed by atoms with Gasteiger partial charge in [0, 0.05) is 26.2 Å². The van der Waals surface area contributed by atoms with Crippen molar-refractivity contribution in [2.75, 3.05) is 33.4 Å². The van der Waals surface area contributed by atoms with Crippen molar-refractivity contribution < 1.29 is 9.47 Å². The van der Waals surface area contributed by atoms with Crippen LogP contribution < -0.4 is 11.1 Å². The van der Waals surface area contributed by atoms with E-state index in [0.29, 0.717) is 13.2 Å². The molecule has 1 heterocycles. The van der Waals surface area contributed by atoms with Crippen molar-refractivity contribution in [2.24, 2.45) is 5.73 Å². The maximum absolute atomic E-state index is 5.73. The van der Waals surface area contributed by atoms with Crippen molar-refractivity contribution in [3.05, 3.63) is 0 Å². The van der Waals surface area contributed by atoms with Gasteiger partial charge in [0.2, 0.25) is 0 Å². The second-order valence-corrected chi connectivity index (χ2v) is 2.72. The van der Waals surface area contributed by atoms with E-state index in [9.17, 15) is 0 Å². The van der Waals surface area contributed by atoms with Gasteiger partial charge in [-0.3, -0.25) is 0 Å². The Morgan fingerprint density at radius 3 is 2.82 bits per heavy atom. The summed E-state index contributed by atoms with van der Waals surface area (Å²) in [6.45, 7) is 3.00. The lowest BCUT2D eigenvalue weighted by atomic mass is 10.2. The van der Waals surface area contributed by atoms with Crippen molar-refractivity contribution in [3.63, 3.8) is 0 Å². The number of hydrogen-bond acceptors (Lipinski definition) is 4. The third-order valence-electron chi connectivity index (χ3n) is 1.82. The quantitative estimate of drug-likeness (QED) is 0.515. The Morgan fingerprint density at radius 1 is 1.45 bits per heavy atom. The Labute approximate surface area is 67.0 Å². The van der Waals surface area contributed by atoms with Crippen LogP contribution in [0.15, 0.2) is 0 Å². The highest BCUT2D eigenvalue weighted by atomic mass is 16.5. The highest BCUT2D eigenvalue weighted by Gasteiger charge is 2.23. The monoisotopic (exact) mass is 160 g/mol. The molecule has 11 heavy (non-hydrogen) atoms. The zero-order valence-electron chi connectivity index (χ0n) is 6.88. The molecule has 0 spiro atoms. The summed E-state index contributed by atoms with van der Waals surface area (Å²) in [5.41, 5.74) is 5.73. The molecule has 0 aromatic heterocycles. The molecule has 0 aliphatic carbocycles. The fourth-order valence-corrected chi connectivity index (χ4v) is 1.14. The minimum Gasteiger partial charge on any atom is -0.382 e. The summed E-state index contributed by atoms with van der Waals surface area (Å²) in [6.07, 6.45) is 0.171. The third-order valence-corrected chi connectivity index (χ3v) is 1.82. The average Bonchev–Trinajstić information content (AvgIpc) is 2.37. The molecule has 0 unspecified atom stereocenters. The average molecular weight is 160 g/mol. The highest BCUT2D eigenvalue weighted by molar-refractivity contribution is 4.84. The molecular formula is C7H16N2O2. The molecule has 1 aliphatic rings.